The van der Waals surface area contributed by atoms with Crippen LogP contribution in [0, 0.1) is 34.5 Å². The van der Waals surface area contributed by atoms with Crippen LogP contribution in [-0.4, -0.2) is 138 Å². The normalized spacial score (nSPS) is 21.1. The molecule has 3 fully saturated rings. The summed E-state index contributed by atoms with van der Waals surface area (Å²) in [4.78, 5) is 70.3. The third-order valence-corrected chi connectivity index (χ3v) is 15.2. The number of thiazole rings is 1. The summed E-state index contributed by atoms with van der Waals surface area (Å²) >= 11 is 7.79. The van der Waals surface area contributed by atoms with Crippen molar-refractivity contribution in [2.45, 2.75) is 98.7 Å². The van der Waals surface area contributed by atoms with E-state index in [1.54, 1.807) is 43.1 Å². The van der Waals surface area contributed by atoms with Crippen molar-refractivity contribution < 1.29 is 38.5 Å². The smallest absolute Gasteiger partial charge is 0.253 e. The van der Waals surface area contributed by atoms with E-state index in [1.807, 2.05) is 52.0 Å². The van der Waals surface area contributed by atoms with E-state index >= 15 is 0 Å². The third-order valence-electron chi connectivity index (χ3n) is 14.0. The Labute approximate surface area is 425 Å². The van der Waals surface area contributed by atoms with Gasteiger partial charge in [0.2, 0.25) is 17.7 Å². The minimum atomic E-state index is -0.982. The number of pyridine rings is 1. The van der Waals surface area contributed by atoms with Crippen LogP contribution in [0.3, 0.4) is 0 Å². The summed E-state index contributed by atoms with van der Waals surface area (Å²) in [6.45, 7) is 19.4. The van der Waals surface area contributed by atoms with Gasteiger partial charge in [-0.25, -0.2) is 9.97 Å². The van der Waals surface area contributed by atoms with Crippen molar-refractivity contribution in [2.24, 2.45) is 16.2 Å². The van der Waals surface area contributed by atoms with Gasteiger partial charge in [0.25, 0.3) is 5.91 Å². The van der Waals surface area contributed by atoms with Gasteiger partial charge in [0.1, 0.15) is 48.2 Å². The lowest BCUT2D eigenvalue weighted by molar-refractivity contribution is -0.164. The van der Waals surface area contributed by atoms with Crippen LogP contribution in [0.2, 0.25) is 5.02 Å². The SMILES string of the molecule is COc1cc(-c2scnc2C)ccc1CNC(=O)[C@@H]1C[C@@H](O)CN1C(=O)[C@@H](NC(=O)COCCN1CCN(c2ccc(C(=O)NC3C(C)(C)C(Oc4ccc(C#N)c(Cl)c4)C3(C)C)cn2)CC1)C(C)(C)C. The van der Waals surface area contributed by atoms with Crippen LogP contribution < -0.4 is 30.3 Å². The number of aliphatic hydroxyl groups excluding tert-OH is 1. The summed E-state index contributed by atoms with van der Waals surface area (Å²) in [5, 5.41) is 29.2. The van der Waals surface area contributed by atoms with Gasteiger partial charge in [0, 0.05) is 86.9 Å². The predicted molar refractivity (Wildman–Crippen MR) is 271 cm³/mol. The number of anilines is 1. The molecule has 380 valence electrons. The quantitative estimate of drug-likeness (QED) is 0.0950. The molecule has 0 radical (unpaired) electrons. The largest absolute Gasteiger partial charge is 0.496 e. The minimum Gasteiger partial charge on any atom is -0.496 e. The number of carbonyl (C=O) groups is 4. The molecule has 1 saturated carbocycles. The number of hydrogen-bond donors (Lipinski definition) is 4. The van der Waals surface area contributed by atoms with E-state index in [0.29, 0.717) is 53.9 Å². The maximum Gasteiger partial charge on any atom is 0.253 e. The second kappa shape index (κ2) is 21.9. The van der Waals surface area contributed by atoms with Crippen molar-refractivity contribution in [3.63, 3.8) is 0 Å². The number of piperazine rings is 1. The van der Waals surface area contributed by atoms with E-state index in [1.165, 1.54) is 16.2 Å². The Kier molecular flexibility index (Phi) is 16.3. The highest BCUT2D eigenvalue weighted by Gasteiger charge is 2.64. The molecule has 0 spiro atoms. The first-order chi connectivity index (χ1) is 33.6. The molecule has 17 nitrogen and oxygen atoms in total. The van der Waals surface area contributed by atoms with E-state index in [2.05, 4.69) is 69.5 Å². The number of likely N-dealkylation sites (tertiary alicyclic amines) is 1. The number of rotatable bonds is 17. The fourth-order valence-electron chi connectivity index (χ4n) is 10.3. The summed E-state index contributed by atoms with van der Waals surface area (Å²) in [5.41, 5.74) is 3.74. The molecule has 4 amide bonds. The van der Waals surface area contributed by atoms with Crippen LogP contribution in [0.15, 0.2) is 60.2 Å². The maximum absolute atomic E-state index is 14.1. The van der Waals surface area contributed by atoms with E-state index in [-0.39, 0.29) is 44.2 Å². The lowest BCUT2D eigenvalue weighted by Crippen LogP contribution is -2.74. The van der Waals surface area contributed by atoms with Gasteiger partial charge in [0.05, 0.1) is 52.1 Å². The number of nitrogens with one attached hydrogen (secondary N) is 3. The first-order valence-electron chi connectivity index (χ1n) is 23.9. The number of halogens is 1. The Bertz CT molecular complexity index is 2610. The van der Waals surface area contributed by atoms with Gasteiger partial charge in [-0.15, -0.1) is 11.3 Å². The summed E-state index contributed by atoms with van der Waals surface area (Å²) in [5.74, 6) is 0.408. The van der Waals surface area contributed by atoms with Gasteiger partial charge in [-0.05, 0) is 48.2 Å². The van der Waals surface area contributed by atoms with Crippen LogP contribution in [0.25, 0.3) is 10.4 Å². The maximum atomic E-state index is 14.1. The van der Waals surface area contributed by atoms with Gasteiger partial charge in [-0.3, -0.25) is 24.1 Å². The van der Waals surface area contributed by atoms with Gasteiger partial charge < -0.3 is 45.1 Å². The van der Waals surface area contributed by atoms with Crippen LogP contribution in [0.5, 0.6) is 11.5 Å². The van der Waals surface area contributed by atoms with Gasteiger partial charge >= 0.3 is 0 Å². The first kappa shape index (κ1) is 53.0. The summed E-state index contributed by atoms with van der Waals surface area (Å²) in [6.07, 6.45) is 0.551. The Morgan fingerprint density at radius 3 is 2.37 bits per heavy atom. The number of carbonyl (C=O) groups excluding carboxylic acids is 4. The fraction of sp³-hybridized carbons (Fsp3) is 0.519. The average Bonchev–Trinajstić information content (AvgIpc) is 3.96. The zero-order valence-electron chi connectivity index (χ0n) is 42.0. The second-order valence-electron chi connectivity index (χ2n) is 20.9. The summed E-state index contributed by atoms with van der Waals surface area (Å²) in [7, 11) is 1.57. The molecule has 3 aliphatic rings. The van der Waals surface area contributed by atoms with E-state index in [9.17, 15) is 29.5 Å². The van der Waals surface area contributed by atoms with Gasteiger partial charge in [-0.1, -0.05) is 72.2 Å². The number of nitriles is 1. The highest BCUT2D eigenvalue weighted by Crippen LogP contribution is 2.55. The standard InChI is InChI=1S/C52H66ClN9O8S/c1-31-43(71-30-57-31)32-10-11-34(40(22-32)68-9)26-56-46(66)39-23-36(63)28-62(39)47(67)44(50(2,3)4)58-42(64)29-69-21-20-60-16-18-61(19-17-60)41-15-13-35(27-55-41)45(65)59-48-51(5,6)49(52(48,7)8)70-37-14-12-33(25-54)38(53)24-37/h10-15,22,24,27,30,36,39,44,48-49,63H,16-21,23,26,28-29H2,1-9H3,(H,56,66)(H,58,64)(H,59,65)/t36-,39+,44-,48?,49?/m1/s1. The Morgan fingerprint density at radius 1 is 1.01 bits per heavy atom. The number of β-amino-alcohol motifs (C(OH)–C–C–N with tert-alkyl or cyclic N) is 1. The number of aryl methyl sites for hydroxylation is 1. The summed E-state index contributed by atoms with van der Waals surface area (Å²) in [6, 6.07) is 14.4. The Hall–Kier alpha value is -5.84. The molecule has 2 aliphatic heterocycles. The fourth-order valence-corrected chi connectivity index (χ4v) is 11.3. The Balaban J connectivity index is 0.834. The lowest BCUT2D eigenvalue weighted by Gasteiger charge is -2.63. The highest BCUT2D eigenvalue weighted by atomic mass is 35.5. The molecule has 2 saturated heterocycles. The van der Waals surface area contributed by atoms with Gasteiger partial charge in [-0.2, -0.15) is 5.26 Å². The number of benzene rings is 2. The molecule has 3 atom stereocenters. The molecule has 4 heterocycles. The molecule has 19 heteroatoms. The molecule has 4 aromatic rings. The first-order valence-corrected chi connectivity index (χ1v) is 25.2. The monoisotopic (exact) mass is 1010 g/mol. The van der Waals surface area contributed by atoms with Crippen molar-refractivity contribution in [1.29, 1.82) is 5.26 Å². The molecule has 0 unspecified atom stereocenters. The zero-order valence-corrected chi connectivity index (χ0v) is 43.6. The number of methoxy groups -OCH3 is 1. The van der Waals surface area contributed by atoms with Crippen LogP contribution in [0.4, 0.5) is 5.82 Å². The number of nitrogens with zero attached hydrogens (tertiary/aromatic N) is 6. The highest BCUT2D eigenvalue weighted by molar-refractivity contribution is 7.13. The van der Waals surface area contributed by atoms with Crippen molar-refractivity contribution in [3.05, 3.63) is 87.6 Å². The van der Waals surface area contributed by atoms with Crippen LogP contribution in [-0.2, 0) is 25.7 Å². The molecule has 0 bridgehead atoms. The topological polar surface area (TPSA) is 212 Å². The zero-order chi connectivity index (χ0) is 51.4. The van der Waals surface area contributed by atoms with Gasteiger partial charge in [0.15, 0.2) is 0 Å². The molecule has 1 aliphatic carbocycles. The molecule has 71 heavy (non-hydrogen) atoms. The van der Waals surface area contributed by atoms with Crippen molar-refractivity contribution in [3.8, 4) is 28.0 Å². The number of amides is 4. The minimum absolute atomic E-state index is 0.0379. The number of ether oxygens (including phenoxy) is 3. The van der Waals surface area contributed by atoms with Crippen molar-refractivity contribution in [2.75, 3.05) is 64.5 Å². The van der Waals surface area contributed by atoms with E-state index in [4.69, 9.17) is 25.8 Å². The third kappa shape index (κ3) is 11.9. The average molecular weight is 1010 g/mol. The van der Waals surface area contributed by atoms with E-state index in [0.717, 1.165) is 40.6 Å². The molecule has 2 aromatic heterocycles. The molecule has 2 aromatic carbocycles. The molecule has 7 rings (SSSR count). The molecular formula is C52H66ClN9O8S. The van der Waals surface area contributed by atoms with Crippen molar-refractivity contribution in [1.82, 2.24) is 35.7 Å². The van der Waals surface area contributed by atoms with Crippen LogP contribution in [0.1, 0.15) is 82.1 Å². The van der Waals surface area contributed by atoms with E-state index < -0.39 is 52.2 Å². The molecular weight excluding hydrogens is 946 g/mol. The summed E-state index contributed by atoms with van der Waals surface area (Å²) < 4.78 is 17.8. The van der Waals surface area contributed by atoms with Crippen molar-refractivity contribution >= 4 is 52.4 Å². The number of aromatic nitrogens is 2. The van der Waals surface area contributed by atoms with Crippen LogP contribution >= 0.6 is 22.9 Å². The lowest BCUT2D eigenvalue weighted by atomic mass is 9.49. The number of hydrogen-bond acceptors (Lipinski definition) is 14. The predicted octanol–water partition coefficient (Wildman–Crippen LogP) is 5.61. The number of aliphatic hydroxyl groups is 1. The second-order valence-corrected chi connectivity index (χ2v) is 22.1. The Morgan fingerprint density at radius 2 is 1.75 bits per heavy atom. The molecule has 4 N–H and O–H groups in total.